The minimum atomic E-state index is -0.0297. The van der Waals surface area contributed by atoms with Gasteiger partial charge in [-0.05, 0) is 40.5 Å². The molecule has 0 aromatic heterocycles. The summed E-state index contributed by atoms with van der Waals surface area (Å²) < 4.78 is 0. The van der Waals surface area contributed by atoms with Crippen LogP contribution in [-0.4, -0.2) is 28.5 Å². The van der Waals surface area contributed by atoms with Gasteiger partial charge in [0.1, 0.15) is 12.0 Å². The Morgan fingerprint density at radius 2 is 2.00 bits per heavy atom. The number of amidine groups is 1. The van der Waals surface area contributed by atoms with Crippen LogP contribution in [0, 0.1) is 5.92 Å². The molecule has 1 atom stereocenters. The number of nitrogens with two attached hydrogens (primary N) is 1. The summed E-state index contributed by atoms with van der Waals surface area (Å²) in [5.41, 5.74) is -0.0204. The molecular weight excluding hydrogens is 202 g/mol. The van der Waals surface area contributed by atoms with Gasteiger partial charge in [0.15, 0.2) is 0 Å². The van der Waals surface area contributed by atoms with Crippen LogP contribution in [0.2, 0.25) is 0 Å². The molecule has 0 bridgehead atoms. The lowest BCUT2D eigenvalue weighted by molar-refractivity contribution is 0.333. The first kappa shape index (κ1) is 11.4. The van der Waals surface area contributed by atoms with Crippen LogP contribution in [0.3, 0.4) is 0 Å². The average molecular weight is 223 g/mol. The summed E-state index contributed by atoms with van der Waals surface area (Å²) in [6.07, 6.45) is 2.36. The van der Waals surface area contributed by atoms with Gasteiger partial charge in [0.05, 0.1) is 0 Å². The summed E-state index contributed by atoms with van der Waals surface area (Å²) in [5.74, 6) is 8.19. The van der Waals surface area contributed by atoms with Crippen molar-refractivity contribution in [2.24, 2.45) is 21.7 Å². The molecule has 90 valence electrons. The Kier molecular flexibility index (Phi) is 2.66. The van der Waals surface area contributed by atoms with Gasteiger partial charge in [-0.15, -0.1) is 0 Å². The summed E-state index contributed by atoms with van der Waals surface area (Å²) in [6, 6.07) is 0. The number of aliphatic imine (C=N–C) groups is 2. The highest BCUT2D eigenvalue weighted by molar-refractivity contribution is 5.99. The molecule has 2 rings (SSSR count). The predicted molar refractivity (Wildman–Crippen MR) is 66.0 cm³/mol. The van der Waals surface area contributed by atoms with Crippen LogP contribution in [0.15, 0.2) is 9.98 Å². The van der Waals surface area contributed by atoms with Crippen LogP contribution in [-0.2, 0) is 0 Å². The van der Waals surface area contributed by atoms with Crippen molar-refractivity contribution in [2.45, 2.75) is 52.2 Å². The molecule has 1 unspecified atom stereocenters. The molecule has 5 nitrogen and oxygen atoms in total. The molecule has 0 aromatic rings. The maximum Gasteiger partial charge on any atom is 0.222 e. The van der Waals surface area contributed by atoms with E-state index in [0.717, 1.165) is 5.84 Å². The molecule has 0 amide bonds. The Hall–Kier alpha value is -1.10. The first-order valence-electron chi connectivity index (χ1n) is 5.85. The van der Waals surface area contributed by atoms with E-state index >= 15 is 0 Å². The third-order valence-electron chi connectivity index (χ3n) is 2.63. The second-order valence-corrected chi connectivity index (χ2v) is 5.61. The normalized spacial score (nSPS) is 26.3. The number of hydrazine groups is 1. The monoisotopic (exact) mass is 223 g/mol. The fourth-order valence-electron chi connectivity index (χ4n) is 1.66. The molecule has 1 saturated carbocycles. The largest absolute Gasteiger partial charge is 0.350 e. The van der Waals surface area contributed by atoms with Crippen LogP contribution >= 0.6 is 0 Å². The van der Waals surface area contributed by atoms with Crippen LogP contribution in [0.25, 0.3) is 0 Å². The highest BCUT2D eigenvalue weighted by atomic mass is 15.5. The molecule has 16 heavy (non-hydrogen) atoms. The van der Waals surface area contributed by atoms with E-state index in [2.05, 4.69) is 36.1 Å². The number of hydrogen-bond acceptors (Lipinski definition) is 5. The van der Waals surface area contributed by atoms with Gasteiger partial charge in [-0.1, -0.05) is 0 Å². The molecule has 0 saturated heterocycles. The number of nitrogens with one attached hydrogen (secondary N) is 1. The van der Waals surface area contributed by atoms with Crippen molar-refractivity contribution in [1.29, 1.82) is 0 Å². The van der Waals surface area contributed by atoms with E-state index in [-0.39, 0.29) is 11.7 Å². The zero-order chi connectivity index (χ0) is 11.9. The van der Waals surface area contributed by atoms with E-state index in [1.54, 1.807) is 5.01 Å². The summed E-state index contributed by atoms with van der Waals surface area (Å²) in [4.78, 5) is 8.95. The highest BCUT2D eigenvalue weighted by Gasteiger charge is 2.34. The van der Waals surface area contributed by atoms with E-state index < -0.39 is 0 Å². The van der Waals surface area contributed by atoms with Crippen molar-refractivity contribution in [3.63, 3.8) is 0 Å². The van der Waals surface area contributed by atoms with Gasteiger partial charge in [0.25, 0.3) is 0 Å². The van der Waals surface area contributed by atoms with Crippen LogP contribution in [0.5, 0.6) is 0 Å². The van der Waals surface area contributed by atoms with Gasteiger partial charge < -0.3 is 5.32 Å². The fourth-order valence-corrected chi connectivity index (χ4v) is 1.66. The average Bonchev–Trinajstić information content (AvgIpc) is 2.91. The molecule has 0 aromatic carbocycles. The van der Waals surface area contributed by atoms with Crippen molar-refractivity contribution >= 4 is 11.8 Å². The van der Waals surface area contributed by atoms with Crippen molar-refractivity contribution in [3.8, 4) is 0 Å². The minimum Gasteiger partial charge on any atom is -0.350 e. The van der Waals surface area contributed by atoms with Crippen LogP contribution < -0.4 is 11.2 Å². The number of nitrogens with zero attached hydrogens (tertiary/aromatic N) is 3. The van der Waals surface area contributed by atoms with Gasteiger partial charge in [-0.3, -0.25) is 5.01 Å². The zero-order valence-electron chi connectivity index (χ0n) is 10.5. The van der Waals surface area contributed by atoms with Crippen molar-refractivity contribution in [2.75, 3.05) is 0 Å². The lowest BCUT2D eigenvalue weighted by Crippen LogP contribution is -2.51. The summed E-state index contributed by atoms with van der Waals surface area (Å²) in [7, 11) is 0. The van der Waals surface area contributed by atoms with Gasteiger partial charge in [-0.25, -0.2) is 10.8 Å². The molecule has 5 heteroatoms. The number of hydrogen-bond donors (Lipinski definition) is 2. The van der Waals surface area contributed by atoms with E-state index in [4.69, 9.17) is 5.84 Å². The van der Waals surface area contributed by atoms with E-state index in [9.17, 15) is 0 Å². The molecule has 1 aliphatic carbocycles. The summed E-state index contributed by atoms with van der Waals surface area (Å²) in [6.45, 7) is 8.28. The number of rotatable bonds is 1. The molecule has 1 fully saturated rings. The molecule has 1 aliphatic heterocycles. The van der Waals surface area contributed by atoms with E-state index in [0.29, 0.717) is 11.9 Å². The molecular formula is C11H21N5. The Labute approximate surface area is 96.8 Å². The predicted octanol–water partition coefficient (Wildman–Crippen LogP) is 1.07. The van der Waals surface area contributed by atoms with E-state index in [1.807, 2.05) is 6.92 Å². The minimum absolute atomic E-state index is 0.0204. The Balaban J connectivity index is 2.16. The maximum atomic E-state index is 5.96. The van der Waals surface area contributed by atoms with Gasteiger partial charge in [0.2, 0.25) is 5.96 Å². The fraction of sp³-hybridized carbons (Fsp3) is 0.818. The Morgan fingerprint density at radius 3 is 2.50 bits per heavy atom. The first-order chi connectivity index (χ1) is 7.37. The Bertz CT molecular complexity index is 335. The zero-order valence-corrected chi connectivity index (χ0v) is 10.5. The lowest BCUT2D eigenvalue weighted by Gasteiger charge is -2.31. The smallest absolute Gasteiger partial charge is 0.222 e. The topological polar surface area (TPSA) is 66.0 Å². The maximum absolute atomic E-state index is 5.96. The van der Waals surface area contributed by atoms with Crippen LogP contribution in [0.1, 0.15) is 40.5 Å². The second kappa shape index (κ2) is 3.73. The van der Waals surface area contributed by atoms with Crippen molar-refractivity contribution in [3.05, 3.63) is 0 Å². The van der Waals surface area contributed by atoms with Crippen molar-refractivity contribution in [1.82, 2.24) is 10.3 Å². The lowest BCUT2D eigenvalue weighted by atomic mass is 10.1. The third-order valence-corrected chi connectivity index (χ3v) is 2.63. The quantitative estimate of drug-likeness (QED) is 0.654. The van der Waals surface area contributed by atoms with Gasteiger partial charge in [-0.2, -0.15) is 4.99 Å². The van der Waals surface area contributed by atoms with Crippen molar-refractivity contribution < 1.29 is 0 Å². The molecule has 0 spiro atoms. The highest BCUT2D eigenvalue weighted by Crippen LogP contribution is 2.32. The number of guanidine groups is 1. The molecule has 2 aliphatic rings. The summed E-state index contributed by atoms with van der Waals surface area (Å²) in [5, 5.41) is 4.99. The molecule has 3 N–H and O–H groups in total. The van der Waals surface area contributed by atoms with E-state index in [1.165, 1.54) is 12.8 Å². The summed E-state index contributed by atoms with van der Waals surface area (Å²) >= 11 is 0. The molecule has 1 heterocycles. The molecule has 0 radical (unpaired) electrons. The first-order valence-corrected chi connectivity index (χ1v) is 5.85. The SMILES string of the molecule is CC1N=C(NC(C)(C)C)N=C(C2CC2)N1N. The van der Waals surface area contributed by atoms with Gasteiger partial charge in [0, 0.05) is 11.5 Å². The second-order valence-electron chi connectivity index (χ2n) is 5.61. The Morgan fingerprint density at radius 1 is 1.38 bits per heavy atom. The third kappa shape index (κ3) is 2.52. The van der Waals surface area contributed by atoms with Crippen LogP contribution in [0.4, 0.5) is 0 Å². The standard InChI is InChI=1S/C11H21N5/c1-7-13-10(15-11(2,3)4)14-9(16(7)12)8-5-6-8/h7-8H,5-6,12H2,1-4H3,(H,13,15). The van der Waals surface area contributed by atoms with Gasteiger partial charge >= 0.3 is 0 Å².